The molecule has 0 spiro atoms. The maximum atomic E-state index is 12.4. The van der Waals surface area contributed by atoms with Gasteiger partial charge in [0, 0.05) is 17.4 Å². The molecule has 0 saturated carbocycles. The number of hydrogen-bond donors (Lipinski definition) is 2. The lowest BCUT2D eigenvalue weighted by molar-refractivity contribution is -0.119. The molecule has 29 heavy (non-hydrogen) atoms. The molecule has 3 rings (SSSR count). The van der Waals surface area contributed by atoms with Gasteiger partial charge in [0.15, 0.2) is 11.5 Å². The number of nitriles is 1. The van der Waals surface area contributed by atoms with Crippen molar-refractivity contribution in [2.75, 3.05) is 43.5 Å². The molecule has 0 aromatic heterocycles. The van der Waals surface area contributed by atoms with Gasteiger partial charge < -0.3 is 20.1 Å². The van der Waals surface area contributed by atoms with Crippen LogP contribution < -0.4 is 20.1 Å². The van der Waals surface area contributed by atoms with Crippen LogP contribution in [-0.2, 0) is 9.59 Å². The van der Waals surface area contributed by atoms with Crippen molar-refractivity contribution < 1.29 is 19.1 Å². The van der Waals surface area contributed by atoms with E-state index in [1.165, 1.54) is 0 Å². The summed E-state index contributed by atoms with van der Waals surface area (Å²) in [6.45, 7) is 3.51. The van der Waals surface area contributed by atoms with E-state index in [9.17, 15) is 9.59 Å². The zero-order valence-electron chi connectivity index (χ0n) is 16.1. The molecule has 0 fully saturated rings. The van der Waals surface area contributed by atoms with Gasteiger partial charge in [-0.25, -0.2) is 0 Å². The first-order valence-electron chi connectivity index (χ1n) is 9.29. The maximum Gasteiger partial charge on any atom is 0.238 e. The Bertz CT molecular complexity index is 939. The van der Waals surface area contributed by atoms with Crippen molar-refractivity contribution in [1.82, 2.24) is 4.90 Å². The number of anilines is 2. The number of benzene rings is 2. The highest BCUT2D eigenvalue weighted by Crippen LogP contribution is 2.32. The van der Waals surface area contributed by atoms with Crippen LogP contribution in [0, 0.1) is 11.3 Å². The molecule has 2 N–H and O–H groups in total. The summed E-state index contributed by atoms with van der Waals surface area (Å²) in [5.41, 5.74) is 1.62. The summed E-state index contributed by atoms with van der Waals surface area (Å²) in [7, 11) is 0. The van der Waals surface area contributed by atoms with Gasteiger partial charge in [0.1, 0.15) is 13.2 Å². The molecule has 150 valence electrons. The van der Waals surface area contributed by atoms with Crippen molar-refractivity contribution in [3.05, 3.63) is 48.0 Å². The number of nitrogens with one attached hydrogen (secondary N) is 2. The van der Waals surface area contributed by atoms with Crippen LogP contribution in [0.4, 0.5) is 11.4 Å². The monoisotopic (exact) mass is 394 g/mol. The van der Waals surface area contributed by atoms with E-state index in [4.69, 9.17) is 14.7 Å². The zero-order valence-corrected chi connectivity index (χ0v) is 16.1. The Labute approximate surface area is 169 Å². The number of carbonyl (C=O) groups excluding carboxylic acids is 2. The molecule has 8 nitrogen and oxygen atoms in total. The molecule has 0 radical (unpaired) electrons. The summed E-state index contributed by atoms with van der Waals surface area (Å²) >= 11 is 0. The minimum atomic E-state index is -0.255. The number of fused-ring (bicyclic) bond motifs is 1. The highest BCUT2D eigenvalue weighted by Gasteiger charge is 2.16. The van der Waals surface area contributed by atoms with Crippen LogP contribution in [0.3, 0.4) is 0 Å². The second-order valence-electron chi connectivity index (χ2n) is 6.45. The number of nitrogens with zero attached hydrogens (tertiary/aromatic N) is 2. The van der Waals surface area contributed by atoms with Gasteiger partial charge in [0.2, 0.25) is 11.8 Å². The van der Waals surface area contributed by atoms with E-state index in [0.29, 0.717) is 48.2 Å². The first kappa shape index (κ1) is 20.2. The standard InChI is InChI=1S/C21H22N4O4/c1-2-25(13-20(26)23-16-5-3-4-15(10-16)12-22)14-21(27)24-17-6-7-18-19(11-17)29-9-8-28-18/h3-7,10-11H,2,8-9,13-14H2,1H3,(H,23,26)(H,24,27). The normalized spacial score (nSPS) is 12.2. The highest BCUT2D eigenvalue weighted by atomic mass is 16.6. The number of likely N-dealkylation sites (N-methyl/N-ethyl adjacent to an activating group) is 1. The largest absolute Gasteiger partial charge is 0.486 e. The third kappa shape index (κ3) is 5.70. The van der Waals surface area contributed by atoms with E-state index in [-0.39, 0.29) is 24.9 Å². The summed E-state index contributed by atoms with van der Waals surface area (Å²) in [6, 6.07) is 13.9. The Kier molecular flexibility index (Phi) is 6.66. The highest BCUT2D eigenvalue weighted by molar-refractivity contribution is 5.95. The predicted octanol–water partition coefficient (Wildman–Crippen LogP) is 2.23. The summed E-state index contributed by atoms with van der Waals surface area (Å²) in [4.78, 5) is 26.4. The van der Waals surface area contributed by atoms with Crippen molar-refractivity contribution in [2.45, 2.75) is 6.92 Å². The van der Waals surface area contributed by atoms with Gasteiger partial charge in [-0.15, -0.1) is 0 Å². The van der Waals surface area contributed by atoms with E-state index in [1.807, 2.05) is 13.0 Å². The van der Waals surface area contributed by atoms with Gasteiger partial charge in [-0.1, -0.05) is 13.0 Å². The summed E-state index contributed by atoms with van der Waals surface area (Å²) in [5, 5.41) is 14.5. The van der Waals surface area contributed by atoms with E-state index < -0.39 is 0 Å². The van der Waals surface area contributed by atoms with Gasteiger partial charge in [-0.2, -0.15) is 5.26 Å². The second kappa shape index (κ2) is 9.57. The number of carbonyl (C=O) groups is 2. The molecule has 0 bridgehead atoms. The van der Waals surface area contributed by atoms with Crippen LogP contribution in [0.2, 0.25) is 0 Å². The Morgan fingerprint density at radius 2 is 1.66 bits per heavy atom. The molecule has 1 aliphatic rings. The predicted molar refractivity (Wildman–Crippen MR) is 108 cm³/mol. The van der Waals surface area contributed by atoms with E-state index in [1.54, 1.807) is 47.4 Å². The SMILES string of the molecule is CCN(CC(=O)Nc1cccc(C#N)c1)CC(=O)Nc1ccc2c(c1)OCCO2. The number of ether oxygens (including phenoxy) is 2. The first-order valence-corrected chi connectivity index (χ1v) is 9.29. The molecule has 1 aliphatic heterocycles. The van der Waals surface area contributed by atoms with Gasteiger partial charge in [0.05, 0.1) is 24.7 Å². The fourth-order valence-electron chi connectivity index (χ4n) is 2.87. The molecule has 0 atom stereocenters. The Morgan fingerprint density at radius 3 is 2.31 bits per heavy atom. The first-order chi connectivity index (χ1) is 14.1. The van der Waals surface area contributed by atoms with Gasteiger partial charge in [-0.3, -0.25) is 14.5 Å². The Balaban J connectivity index is 1.53. The average molecular weight is 394 g/mol. The van der Waals surface area contributed by atoms with Crippen LogP contribution in [-0.4, -0.2) is 49.6 Å². The van der Waals surface area contributed by atoms with Crippen LogP contribution in [0.15, 0.2) is 42.5 Å². The molecular formula is C21H22N4O4. The van der Waals surface area contributed by atoms with Crippen molar-refractivity contribution in [1.29, 1.82) is 5.26 Å². The van der Waals surface area contributed by atoms with Gasteiger partial charge >= 0.3 is 0 Å². The third-order valence-corrected chi connectivity index (χ3v) is 4.28. The van der Waals surface area contributed by atoms with E-state index in [2.05, 4.69) is 10.6 Å². The van der Waals surface area contributed by atoms with Crippen LogP contribution in [0.5, 0.6) is 11.5 Å². The smallest absolute Gasteiger partial charge is 0.238 e. The average Bonchev–Trinajstić information content (AvgIpc) is 2.73. The Hall–Kier alpha value is -3.57. The number of rotatable bonds is 7. The summed E-state index contributed by atoms with van der Waals surface area (Å²) in [5.74, 6) is 0.763. The molecule has 0 aliphatic carbocycles. The lowest BCUT2D eigenvalue weighted by Gasteiger charge is -2.21. The third-order valence-electron chi connectivity index (χ3n) is 4.28. The van der Waals surface area contributed by atoms with E-state index in [0.717, 1.165) is 0 Å². The quantitative estimate of drug-likeness (QED) is 0.746. The van der Waals surface area contributed by atoms with Crippen molar-refractivity contribution >= 4 is 23.2 Å². The van der Waals surface area contributed by atoms with Crippen LogP contribution in [0.25, 0.3) is 0 Å². The lowest BCUT2D eigenvalue weighted by atomic mass is 10.2. The van der Waals surface area contributed by atoms with Gasteiger partial charge in [-0.05, 0) is 36.9 Å². The molecule has 8 heteroatoms. The van der Waals surface area contributed by atoms with Gasteiger partial charge in [0.25, 0.3) is 0 Å². The topological polar surface area (TPSA) is 104 Å². The molecule has 2 aromatic carbocycles. The maximum absolute atomic E-state index is 12.4. The van der Waals surface area contributed by atoms with Crippen LogP contribution in [0.1, 0.15) is 12.5 Å². The Morgan fingerprint density at radius 1 is 1.00 bits per heavy atom. The molecule has 0 unspecified atom stereocenters. The second-order valence-corrected chi connectivity index (χ2v) is 6.45. The molecule has 2 amide bonds. The zero-order chi connectivity index (χ0) is 20.6. The number of hydrogen-bond acceptors (Lipinski definition) is 6. The molecular weight excluding hydrogens is 372 g/mol. The van der Waals surface area contributed by atoms with Crippen molar-refractivity contribution in [3.63, 3.8) is 0 Å². The number of amides is 2. The van der Waals surface area contributed by atoms with Crippen molar-refractivity contribution in [2.24, 2.45) is 0 Å². The molecule has 0 saturated heterocycles. The molecule has 1 heterocycles. The summed E-state index contributed by atoms with van der Waals surface area (Å²) < 4.78 is 11.0. The fraction of sp³-hybridized carbons (Fsp3) is 0.286. The van der Waals surface area contributed by atoms with Crippen LogP contribution >= 0.6 is 0 Å². The summed E-state index contributed by atoms with van der Waals surface area (Å²) in [6.07, 6.45) is 0. The van der Waals surface area contributed by atoms with Crippen molar-refractivity contribution in [3.8, 4) is 17.6 Å². The van der Waals surface area contributed by atoms with E-state index >= 15 is 0 Å². The minimum absolute atomic E-state index is 0.0574. The minimum Gasteiger partial charge on any atom is -0.486 e. The molecule has 2 aromatic rings. The lowest BCUT2D eigenvalue weighted by Crippen LogP contribution is -2.38. The fourth-order valence-corrected chi connectivity index (χ4v) is 2.87.